The van der Waals surface area contributed by atoms with E-state index in [-0.39, 0.29) is 0 Å². The lowest BCUT2D eigenvalue weighted by molar-refractivity contribution is 0.416. The first kappa shape index (κ1) is 12.0. The van der Waals surface area contributed by atoms with Gasteiger partial charge in [0.1, 0.15) is 11.6 Å². The summed E-state index contributed by atoms with van der Waals surface area (Å²) in [5, 5.41) is 4.16. The number of ether oxygens (including phenoxy) is 1. The molecule has 2 aromatic rings. The molecule has 17 heavy (non-hydrogen) atoms. The quantitative estimate of drug-likeness (QED) is 0.927. The van der Waals surface area contributed by atoms with Crippen molar-refractivity contribution in [2.75, 3.05) is 12.8 Å². The zero-order valence-corrected chi connectivity index (χ0v) is 11.6. The van der Waals surface area contributed by atoms with Gasteiger partial charge in [-0.25, -0.2) is 0 Å². The van der Waals surface area contributed by atoms with E-state index in [9.17, 15) is 0 Å². The monoisotopic (exact) mass is 295 g/mol. The van der Waals surface area contributed by atoms with Crippen LogP contribution in [-0.4, -0.2) is 16.9 Å². The molecule has 1 heterocycles. The highest BCUT2D eigenvalue weighted by atomic mass is 79.9. The van der Waals surface area contributed by atoms with Gasteiger partial charge in [-0.15, -0.1) is 0 Å². The van der Waals surface area contributed by atoms with Gasteiger partial charge in [0.15, 0.2) is 0 Å². The molecule has 4 nitrogen and oxygen atoms in total. The van der Waals surface area contributed by atoms with Gasteiger partial charge in [0.05, 0.1) is 13.3 Å². The van der Waals surface area contributed by atoms with Crippen LogP contribution in [0.4, 0.5) is 5.82 Å². The highest BCUT2D eigenvalue weighted by Gasteiger charge is 2.16. The van der Waals surface area contributed by atoms with Crippen LogP contribution in [-0.2, 0) is 7.05 Å². The van der Waals surface area contributed by atoms with Gasteiger partial charge < -0.3 is 10.5 Å². The van der Waals surface area contributed by atoms with E-state index < -0.39 is 0 Å². The van der Waals surface area contributed by atoms with Gasteiger partial charge in [0.25, 0.3) is 0 Å². The number of benzene rings is 1. The Hall–Kier alpha value is -1.49. The largest absolute Gasteiger partial charge is 0.496 e. The number of halogens is 1. The summed E-state index contributed by atoms with van der Waals surface area (Å²) in [5.74, 6) is 1.43. The lowest BCUT2D eigenvalue weighted by Gasteiger charge is -2.12. The van der Waals surface area contributed by atoms with Gasteiger partial charge in [0.2, 0.25) is 0 Å². The van der Waals surface area contributed by atoms with Crippen LogP contribution in [0.15, 0.2) is 22.8 Å². The van der Waals surface area contributed by atoms with Gasteiger partial charge in [-0.05, 0) is 24.6 Å². The third kappa shape index (κ3) is 1.91. The topological polar surface area (TPSA) is 53.1 Å². The first-order chi connectivity index (χ1) is 8.06. The molecule has 0 saturated heterocycles. The summed E-state index contributed by atoms with van der Waals surface area (Å²) in [6.07, 6.45) is 1.76. The molecule has 90 valence electrons. The summed E-state index contributed by atoms with van der Waals surface area (Å²) in [4.78, 5) is 0. The fraction of sp³-hybridized carbons (Fsp3) is 0.250. The van der Waals surface area contributed by atoms with E-state index >= 15 is 0 Å². The van der Waals surface area contributed by atoms with Crippen molar-refractivity contribution in [2.45, 2.75) is 6.92 Å². The maximum absolute atomic E-state index is 6.01. The lowest BCUT2D eigenvalue weighted by atomic mass is 10.0. The van der Waals surface area contributed by atoms with Crippen molar-refractivity contribution in [3.63, 3.8) is 0 Å². The zero-order chi connectivity index (χ0) is 12.6. The Labute approximate surface area is 109 Å². The van der Waals surface area contributed by atoms with Crippen molar-refractivity contribution in [3.05, 3.63) is 28.4 Å². The molecule has 0 aliphatic heterocycles. The Morgan fingerprint density at radius 2 is 2.12 bits per heavy atom. The van der Waals surface area contributed by atoms with E-state index in [1.807, 2.05) is 26.1 Å². The second kappa shape index (κ2) is 4.41. The Bertz CT molecular complexity index is 563. The summed E-state index contributed by atoms with van der Waals surface area (Å²) < 4.78 is 8.06. The lowest BCUT2D eigenvalue weighted by Crippen LogP contribution is -1.99. The molecule has 2 N–H and O–H groups in total. The molecule has 0 fully saturated rings. The van der Waals surface area contributed by atoms with Crippen LogP contribution in [0.25, 0.3) is 11.1 Å². The number of aromatic nitrogens is 2. The molecule has 0 aliphatic rings. The van der Waals surface area contributed by atoms with Gasteiger partial charge in [-0.3, -0.25) is 4.68 Å². The molecule has 0 amide bonds. The molecular weight excluding hydrogens is 282 g/mol. The van der Waals surface area contributed by atoms with Crippen molar-refractivity contribution in [2.24, 2.45) is 7.05 Å². The highest BCUT2D eigenvalue weighted by molar-refractivity contribution is 9.10. The normalized spacial score (nSPS) is 10.6. The first-order valence-corrected chi connectivity index (χ1v) is 5.96. The number of methoxy groups -OCH3 is 1. The summed E-state index contributed by atoms with van der Waals surface area (Å²) in [7, 11) is 3.47. The molecule has 0 atom stereocenters. The molecular formula is C12H14BrN3O. The third-order valence-corrected chi connectivity index (χ3v) is 3.69. The molecule has 0 saturated carbocycles. The standard InChI is InChI=1S/C12H14BrN3O/c1-7-9(13)4-5-10(17-3)11(7)8-6-15-16(2)12(8)14/h4-6H,14H2,1-3H3. The Balaban J connectivity index is 2.73. The first-order valence-electron chi connectivity index (χ1n) is 5.17. The van der Waals surface area contributed by atoms with Crippen LogP contribution in [0.1, 0.15) is 5.56 Å². The van der Waals surface area contributed by atoms with Crippen LogP contribution in [0.2, 0.25) is 0 Å². The van der Waals surface area contributed by atoms with E-state index in [4.69, 9.17) is 10.5 Å². The molecule has 0 unspecified atom stereocenters. The van der Waals surface area contributed by atoms with Gasteiger partial charge >= 0.3 is 0 Å². The maximum Gasteiger partial charge on any atom is 0.129 e. The Kier molecular flexibility index (Phi) is 3.11. The van der Waals surface area contributed by atoms with Crippen LogP contribution in [0, 0.1) is 6.92 Å². The van der Waals surface area contributed by atoms with Crippen LogP contribution in [0.3, 0.4) is 0 Å². The molecule has 0 radical (unpaired) electrons. The fourth-order valence-corrected chi connectivity index (χ4v) is 2.14. The molecule has 2 rings (SSSR count). The van der Waals surface area contributed by atoms with E-state index in [0.717, 1.165) is 26.9 Å². The number of hydrogen-bond acceptors (Lipinski definition) is 3. The zero-order valence-electron chi connectivity index (χ0n) is 9.99. The molecule has 0 aliphatic carbocycles. The van der Waals surface area contributed by atoms with Gasteiger partial charge in [0, 0.05) is 22.6 Å². The van der Waals surface area contributed by atoms with Crippen LogP contribution >= 0.6 is 15.9 Å². The van der Waals surface area contributed by atoms with Crippen molar-refractivity contribution < 1.29 is 4.74 Å². The second-order valence-electron chi connectivity index (χ2n) is 3.82. The van der Waals surface area contributed by atoms with Crippen molar-refractivity contribution in [3.8, 4) is 16.9 Å². The van der Waals surface area contributed by atoms with Gasteiger partial charge in [-0.1, -0.05) is 15.9 Å². The van der Waals surface area contributed by atoms with E-state index in [1.165, 1.54) is 0 Å². The number of nitrogens with two attached hydrogens (primary N) is 1. The van der Waals surface area contributed by atoms with Crippen LogP contribution in [0.5, 0.6) is 5.75 Å². The molecule has 1 aromatic carbocycles. The summed E-state index contributed by atoms with van der Waals surface area (Å²) in [5.41, 5.74) is 8.96. The minimum Gasteiger partial charge on any atom is -0.496 e. The van der Waals surface area contributed by atoms with Gasteiger partial charge in [-0.2, -0.15) is 5.10 Å². The number of rotatable bonds is 2. The number of anilines is 1. The molecule has 0 spiro atoms. The number of nitrogen functional groups attached to an aromatic ring is 1. The van der Waals surface area contributed by atoms with Crippen molar-refractivity contribution in [1.82, 2.24) is 9.78 Å². The minimum absolute atomic E-state index is 0.629. The molecule has 0 bridgehead atoms. The van der Waals surface area contributed by atoms with Crippen molar-refractivity contribution >= 4 is 21.7 Å². The number of aryl methyl sites for hydroxylation is 1. The summed E-state index contributed by atoms with van der Waals surface area (Å²) in [6.45, 7) is 2.02. The smallest absolute Gasteiger partial charge is 0.129 e. The van der Waals surface area contributed by atoms with Crippen LogP contribution < -0.4 is 10.5 Å². The fourth-order valence-electron chi connectivity index (χ4n) is 1.81. The average molecular weight is 296 g/mol. The highest BCUT2D eigenvalue weighted by Crippen LogP contribution is 2.39. The number of hydrogen-bond donors (Lipinski definition) is 1. The molecule has 5 heteroatoms. The summed E-state index contributed by atoms with van der Waals surface area (Å²) in [6, 6.07) is 3.88. The SMILES string of the molecule is COc1ccc(Br)c(C)c1-c1cnn(C)c1N. The average Bonchev–Trinajstić information content (AvgIpc) is 2.64. The van der Waals surface area contributed by atoms with E-state index in [0.29, 0.717) is 5.82 Å². The second-order valence-corrected chi connectivity index (χ2v) is 4.67. The Morgan fingerprint density at radius 3 is 2.65 bits per heavy atom. The summed E-state index contributed by atoms with van der Waals surface area (Å²) >= 11 is 3.51. The van der Waals surface area contributed by atoms with Crippen molar-refractivity contribution in [1.29, 1.82) is 0 Å². The predicted molar refractivity (Wildman–Crippen MR) is 72.0 cm³/mol. The number of nitrogens with zero attached hydrogens (tertiary/aromatic N) is 2. The third-order valence-electron chi connectivity index (χ3n) is 2.83. The van der Waals surface area contributed by atoms with E-state index in [2.05, 4.69) is 21.0 Å². The Morgan fingerprint density at radius 1 is 1.41 bits per heavy atom. The minimum atomic E-state index is 0.629. The van der Waals surface area contributed by atoms with E-state index in [1.54, 1.807) is 18.0 Å². The maximum atomic E-state index is 6.01. The predicted octanol–water partition coefficient (Wildman–Crippen LogP) is 2.75. The molecule has 1 aromatic heterocycles.